The average Bonchev–Trinajstić information content (AvgIpc) is 3.08. The van der Waals surface area contributed by atoms with E-state index in [-0.39, 0.29) is 6.54 Å². The fourth-order valence-corrected chi connectivity index (χ4v) is 3.00. The summed E-state index contributed by atoms with van der Waals surface area (Å²) in [6.07, 6.45) is 0. The number of imidazole rings is 1. The topological polar surface area (TPSA) is 56.7 Å². The minimum Gasteiger partial charge on any atom is -0.280 e. The Hall–Kier alpha value is -2.20. The Kier molecular flexibility index (Phi) is 5.42. The SMILES string of the molecule is CC(C)Cn1nnn(CN(C)Cc2nc3ccccc3n2C(F)F)c1=S. The number of hydrogen-bond donors (Lipinski definition) is 0. The van der Waals surface area contributed by atoms with Gasteiger partial charge in [-0.05, 0) is 47.7 Å². The van der Waals surface area contributed by atoms with Crippen LogP contribution in [-0.2, 0) is 19.8 Å². The van der Waals surface area contributed by atoms with E-state index in [0.29, 0.717) is 40.8 Å². The van der Waals surface area contributed by atoms with E-state index in [2.05, 4.69) is 29.3 Å². The van der Waals surface area contributed by atoms with Gasteiger partial charge in [0, 0.05) is 6.54 Å². The molecule has 3 aromatic rings. The van der Waals surface area contributed by atoms with Crippen molar-refractivity contribution in [3.8, 4) is 0 Å². The van der Waals surface area contributed by atoms with Crippen molar-refractivity contribution < 1.29 is 8.78 Å². The summed E-state index contributed by atoms with van der Waals surface area (Å²) in [7, 11) is 1.80. The summed E-state index contributed by atoms with van der Waals surface area (Å²) in [5.74, 6) is 0.695. The molecule has 0 bridgehead atoms. The fraction of sp³-hybridized carbons (Fsp3) is 0.500. The maximum Gasteiger partial charge on any atom is 0.320 e. The molecule has 1 aromatic carbocycles. The third-order valence-electron chi connectivity index (χ3n) is 3.89. The summed E-state index contributed by atoms with van der Waals surface area (Å²) in [4.78, 5) is 6.17. The van der Waals surface area contributed by atoms with Gasteiger partial charge in [-0.15, -0.1) is 0 Å². The molecule has 0 aliphatic heterocycles. The number of aromatic nitrogens is 6. The summed E-state index contributed by atoms with van der Waals surface area (Å²) in [6.45, 7) is 2.74. The number of nitrogens with zero attached hydrogens (tertiary/aromatic N) is 7. The van der Waals surface area contributed by atoms with Crippen molar-refractivity contribution in [1.82, 2.24) is 34.2 Å². The van der Waals surface area contributed by atoms with E-state index in [1.165, 1.54) is 0 Å². The van der Waals surface area contributed by atoms with Crippen molar-refractivity contribution in [1.29, 1.82) is 0 Å². The maximum absolute atomic E-state index is 13.5. The molecule has 0 spiro atoms. The number of benzene rings is 1. The quantitative estimate of drug-likeness (QED) is 0.588. The van der Waals surface area contributed by atoms with Crippen LogP contribution in [0.2, 0.25) is 0 Å². The van der Waals surface area contributed by atoms with Crippen molar-refractivity contribution in [2.75, 3.05) is 7.05 Å². The molecule has 0 saturated heterocycles. The maximum atomic E-state index is 13.5. The second kappa shape index (κ2) is 7.58. The van der Waals surface area contributed by atoms with E-state index >= 15 is 0 Å². The summed E-state index contributed by atoms with van der Waals surface area (Å²) in [6, 6.07) is 6.88. The third kappa shape index (κ3) is 3.80. The number of tetrazole rings is 1. The van der Waals surface area contributed by atoms with E-state index in [0.717, 1.165) is 4.57 Å². The number of halogens is 2. The molecule has 3 rings (SSSR count). The molecule has 7 nitrogen and oxygen atoms in total. The van der Waals surface area contributed by atoms with Crippen molar-refractivity contribution in [3.05, 3.63) is 34.9 Å². The molecule has 0 atom stereocenters. The Morgan fingerprint density at radius 1 is 1.15 bits per heavy atom. The van der Waals surface area contributed by atoms with Crippen LogP contribution in [0.5, 0.6) is 0 Å². The fourth-order valence-electron chi connectivity index (χ4n) is 2.80. The van der Waals surface area contributed by atoms with Gasteiger partial charge in [-0.25, -0.2) is 14.3 Å². The van der Waals surface area contributed by atoms with E-state index in [9.17, 15) is 8.78 Å². The smallest absolute Gasteiger partial charge is 0.280 e. The molecule has 0 amide bonds. The lowest BCUT2D eigenvalue weighted by Crippen LogP contribution is -2.24. The molecule has 0 radical (unpaired) electrons. The Labute approximate surface area is 154 Å². The highest BCUT2D eigenvalue weighted by Crippen LogP contribution is 2.23. The Morgan fingerprint density at radius 2 is 1.85 bits per heavy atom. The van der Waals surface area contributed by atoms with Crippen LogP contribution in [0.3, 0.4) is 0 Å². The van der Waals surface area contributed by atoms with Crippen LogP contribution in [-0.4, -0.2) is 41.3 Å². The van der Waals surface area contributed by atoms with Gasteiger partial charge in [-0.1, -0.05) is 26.0 Å². The minimum absolute atomic E-state index is 0.234. The number of rotatable bonds is 7. The van der Waals surface area contributed by atoms with Crippen LogP contribution < -0.4 is 0 Å². The van der Waals surface area contributed by atoms with Gasteiger partial charge in [0.15, 0.2) is 0 Å². The lowest BCUT2D eigenvalue weighted by Gasteiger charge is -2.16. The first kappa shape index (κ1) is 18.6. The zero-order chi connectivity index (χ0) is 18.8. The van der Waals surface area contributed by atoms with Crippen LogP contribution in [0.15, 0.2) is 24.3 Å². The molecule has 0 unspecified atom stereocenters. The molecule has 140 valence electrons. The number of hydrogen-bond acceptors (Lipinski definition) is 5. The van der Waals surface area contributed by atoms with Crippen LogP contribution >= 0.6 is 12.2 Å². The first-order valence-corrected chi connectivity index (χ1v) is 8.70. The van der Waals surface area contributed by atoms with E-state index < -0.39 is 6.55 Å². The van der Waals surface area contributed by atoms with Gasteiger partial charge >= 0.3 is 6.55 Å². The monoisotopic (exact) mass is 381 g/mol. The third-order valence-corrected chi connectivity index (χ3v) is 4.31. The molecule has 0 N–H and O–H groups in total. The zero-order valence-electron chi connectivity index (χ0n) is 14.9. The standard InChI is InChI=1S/C16H21F2N7S/c1-11(2)8-23-16(26)24(21-20-23)10-22(3)9-14-19-12-6-4-5-7-13(12)25(14)15(17)18/h4-7,11,15H,8-10H2,1-3H3. The highest BCUT2D eigenvalue weighted by Gasteiger charge is 2.19. The highest BCUT2D eigenvalue weighted by atomic mass is 32.1. The first-order valence-electron chi connectivity index (χ1n) is 8.30. The number of alkyl halides is 2. The van der Waals surface area contributed by atoms with E-state index in [1.807, 2.05) is 4.90 Å². The molecular weight excluding hydrogens is 360 g/mol. The lowest BCUT2D eigenvalue weighted by atomic mass is 10.2. The van der Waals surface area contributed by atoms with Crippen LogP contribution in [0, 0.1) is 10.7 Å². The Balaban J connectivity index is 1.80. The largest absolute Gasteiger partial charge is 0.320 e. The predicted octanol–water partition coefficient (Wildman–Crippen LogP) is 3.30. The first-order chi connectivity index (χ1) is 12.4. The van der Waals surface area contributed by atoms with Crippen LogP contribution in [0.4, 0.5) is 8.78 Å². The Bertz CT molecular complexity index is 944. The molecular formula is C16H21F2N7S. The molecule has 0 fully saturated rings. The zero-order valence-corrected chi connectivity index (χ0v) is 15.7. The molecule has 0 aliphatic rings. The molecule has 0 saturated carbocycles. The van der Waals surface area contributed by atoms with E-state index in [4.69, 9.17) is 12.2 Å². The molecule has 2 aromatic heterocycles. The van der Waals surface area contributed by atoms with Gasteiger partial charge in [0.25, 0.3) is 0 Å². The normalized spacial score (nSPS) is 12.2. The predicted molar refractivity (Wildman–Crippen MR) is 96.1 cm³/mol. The average molecular weight is 381 g/mol. The molecule has 10 heteroatoms. The second-order valence-electron chi connectivity index (χ2n) is 6.66. The van der Waals surface area contributed by atoms with Gasteiger partial charge in [0.1, 0.15) is 5.82 Å². The van der Waals surface area contributed by atoms with Crippen molar-refractivity contribution in [3.63, 3.8) is 0 Å². The lowest BCUT2D eigenvalue weighted by molar-refractivity contribution is 0.0681. The van der Waals surface area contributed by atoms with Gasteiger partial charge in [-0.2, -0.15) is 8.78 Å². The van der Waals surface area contributed by atoms with Crippen LogP contribution in [0.1, 0.15) is 26.2 Å². The summed E-state index contributed by atoms with van der Waals surface area (Å²) >= 11 is 5.38. The Morgan fingerprint density at radius 3 is 2.54 bits per heavy atom. The van der Waals surface area contributed by atoms with Crippen molar-refractivity contribution in [2.45, 2.75) is 40.2 Å². The van der Waals surface area contributed by atoms with E-state index in [1.54, 1.807) is 40.7 Å². The molecule has 2 heterocycles. The summed E-state index contributed by atoms with van der Waals surface area (Å²) in [5.41, 5.74) is 0.973. The minimum atomic E-state index is -2.65. The summed E-state index contributed by atoms with van der Waals surface area (Å²) in [5, 5.41) is 8.11. The highest BCUT2D eigenvalue weighted by molar-refractivity contribution is 7.71. The number of para-hydroxylation sites is 2. The summed E-state index contributed by atoms with van der Waals surface area (Å²) < 4.78 is 31.7. The van der Waals surface area contributed by atoms with Gasteiger partial charge < -0.3 is 0 Å². The second-order valence-corrected chi connectivity index (χ2v) is 7.02. The number of fused-ring (bicyclic) bond motifs is 1. The molecule has 26 heavy (non-hydrogen) atoms. The van der Waals surface area contributed by atoms with Gasteiger partial charge in [0.05, 0.1) is 24.2 Å². The van der Waals surface area contributed by atoms with Crippen LogP contribution in [0.25, 0.3) is 11.0 Å². The molecule has 0 aliphatic carbocycles. The van der Waals surface area contributed by atoms with Crippen molar-refractivity contribution in [2.24, 2.45) is 5.92 Å². The van der Waals surface area contributed by atoms with Gasteiger partial charge in [0.2, 0.25) is 4.77 Å². The van der Waals surface area contributed by atoms with Crippen molar-refractivity contribution >= 4 is 23.3 Å². The van der Waals surface area contributed by atoms with Gasteiger partial charge in [-0.3, -0.25) is 9.47 Å².